The van der Waals surface area contributed by atoms with E-state index in [0.29, 0.717) is 44.9 Å². The molecule has 0 saturated carbocycles. The van der Waals surface area contributed by atoms with Crippen LogP contribution in [0.1, 0.15) is 39.5 Å². The number of nitrogen functional groups attached to an aromatic ring is 1. The second-order valence-corrected chi connectivity index (χ2v) is 7.09. The molecule has 3 nitrogen and oxygen atoms in total. The number of nitrogens with zero attached hydrogens (tertiary/aromatic N) is 1. The maximum atomic E-state index is 12.8. The SMILES string of the molecule is Nc1c2c(nc3ccc(Cl)cc13)CC(c1ccc(C(F)(F)F)cc1)CC2=O. The molecule has 1 unspecified atom stereocenters. The van der Waals surface area contributed by atoms with Gasteiger partial charge in [-0.3, -0.25) is 9.78 Å². The summed E-state index contributed by atoms with van der Waals surface area (Å²) < 4.78 is 38.3. The largest absolute Gasteiger partial charge is 0.416 e. The van der Waals surface area contributed by atoms with Crippen LogP contribution < -0.4 is 5.73 Å². The Bertz CT molecular complexity index is 1060. The van der Waals surface area contributed by atoms with Crippen molar-refractivity contribution in [2.45, 2.75) is 24.9 Å². The quantitative estimate of drug-likeness (QED) is 0.605. The molecule has 0 bridgehead atoms. The van der Waals surface area contributed by atoms with Gasteiger partial charge in [-0.25, -0.2) is 0 Å². The number of aromatic nitrogens is 1. The van der Waals surface area contributed by atoms with Crippen molar-refractivity contribution in [2.75, 3.05) is 5.73 Å². The number of ketones is 1. The number of rotatable bonds is 1. The zero-order chi connectivity index (χ0) is 19.3. The minimum Gasteiger partial charge on any atom is -0.398 e. The molecule has 27 heavy (non-hydrogen) atoms. The summed E-state index contributed by atoms with van der Waals surface area (Å²) >= 11 is 6.01. The van der Waals surface area contributed by atoms with Gasteiger partial charge in [-0.05, 0) is 48.2 Å². The molecule has 3 aromatic rings. The van der Waals surface area contributed by atoms with Crippen molar-refractivity contribution in [3.8, 4) is 0 Å². The van der Waals surface area contributed by atoms with Crippen molar-refractivity contribution in [1.29, 1.82) is 0 Å². The van der Waals surface area contributed by atoms with Crippen molar-refractivity contribution >= 4 is 34.0 Å². The summed E-state index contributed by atoms with van der Waals surface area (Å²) in [5.41, 5.74) is 8.14. The number of anilines is 1. The average molecular weight is 391 g/mol. The Kier molecular flexibility index (Phi) is 4.11. The van der Waals surface area contributed by atoms with Crippen molar-refractivity contribution < 1.29 is 18.0 Å². The zero-order valence-corrected chi connectivity index (χ0v) is 14.7. The van der Waals surface area contributed by atoms with Gasteiger partial charge in [0.05, 0.1) is 28.0 Å². The third-order valence-electron chi connectivity index (χ3n) is 4.92. The number of carbonyl (C=O) groups is 1. The van der Waals surface area contributed by atoms with E-state index in [0.717, 1.165) is 12.1 Å². The van der Waals surface area contributed by atoms with E-state index in [1.54, 1.807) is 18.2 Å². The van der Waals surface area contributed by atoms with Gasteiger partial charge < -0.3 is 5.73 Å². The normalized spacial score (nSPS) is 17.2. The van der Waals surface area contributed by atoms with Gasteiger partial charge in [0, 0.05) is 16.8 Å². The molecule has 138 valence electrons. The Morgan fingerprint density at radius 2 is 1.78 bits per heavy atom. The summed E-state index contributed by atoms with van der Waals surface area (Å²) in [6.45, 7) is 0. The number of benzene rings is 2. The predicted molar refractivity (Wildman–Crippen MR) is 98.0 cm³/mol. The van der Waals surface area contributed by atoms with E-state index >= 15 is 0 Å². The highest BCUT2D eigenvalue weighted by Crippen LogP contribution is 2.38. The van der Waals surface area contributed by atoms with E-state index < -0.39 is 11.7 Å². The Morgan fingerprint density at radius 3 is 2.44 bits per heavy atom. The summed E-state index contributed by atoms with van der Waals surface area (Å²) in [6.07, 6.45) is -3.77. The minimum absolute atomic E-state index is 0.159. The van der Waals surface area contributed by atoms with Crippen LogP contribution in [0.3, 0.4) is 0 Å². The van der Waals surface area contributed by atoms with Gasteiger partial charge >= 0.3 is 6.18 Å². The third-order valence-corrected chi connectivity index (χ3v) is 5.16. The maximum absolute atomic E-state index is 12.8. The number of fused-ring (bicyclic) bond motifs is 2. The molecule has 0 saturated heterocycles. The fourth-order valence-corrected chi connectivity index (χ4v) is 3.76. The van der Waals surface area contributed by atoms with Crippen LogP contribution in [0.4, 0.5) is 18.9 Å². The average Bonchev–Trinajstić information content (AvgIpc) is 2.61. The van der Waals surface area contributed by atoms with E-state index in [-0.39, 0.29) is 18.1 Å². The molecule has 2 N–H and O–H groups in total. The van der Waals surface area contributed by atoms with Gasteiger partial charge in [0.1, 0.15) is 0 Å². The molecule has 0 radical (unpaired) electrons. The number of halogens is 4. The number of nitrogens with two attached hydrogens (primary N) is 1. The van der Waals surface area contributed by atoms with Crippen LogP contribution in [0.15, 0.2) is 42.5 Å². The molecular weight excluding hydrogens is 377 g/mol. The van der Waals surface area contributed by atoms with Crippen LogP contribution in [0.5, 0.6) is 0 Å². The first-order valence-corrected chi connectivity index (χ1v) is 8.70. The van der Waals surface area contributed by atoms with Crippen molar-refractivity contribution in [3.63, 3.8) is 0 Å². The molecule has 0 spiro atoms. The molecule has 0 fully saturated rings. The Labute approximate surface area is 158 Å². The topological polar surface area (TPSA) is 56.0 Å². The van der Waals surface area contributed by atoms with E-state index in [1.165, 1.54) is 12.1 Å². The lowest BCUT2D eigenvalue weighted by atomic mass is 9.80. The molecule has 1 atom stereocenters. The van der Waals surface area contributed by atoms with Crippen LogP contribution in [0, 0.1) is 0 Å². The summed E-state index contributed by atoms with van der Waals surface area (Å²) in [6, 6.07) is 10.0. The van der Waals surface area contributed by atoms with Gasteiger partial charge in [0.15, 0.2) is 5.78 Å². The van der Waals surface area contributed by atoms with Crippen LogP contribution in [0.25, 0.3) is 10.9 Å². The molecule has 7 heteroatoms. The van der Waals surface area contributed by atoms with Gasteiger partial charge in [-0.2, -0.15) is 13.2 Å². The molecule has 2 aromatic carbocycles. The fraction of sp³-hybridized carbons (Fsp3) is 0.200. The molecule has 1 aliphatic rings. The van der Waals surface area contributed by atoms with Gasteiger partial charge in [-0.15, -0.1) is 0 Å². The number of alkyl halides is 3. The number of Topliss-reactive ketones (excluding diaryl/α,β-unsaturated/α-hetero) is 1. The summed E-state index contributed by atoms with van der Waals surface area (Å²) in [7, 11) is 0. The highest BCUT2D eigenvalue weighted by molar-refractivity contribution is 6.31. The van der Waals surface area contributed by atoms with Crippen LogP contribution in [-0.2, 0) is 12.6 Å². The lowest BCUT2D eigenvalue weighted by Gasteiger charge is -2.25. The highest BCUT2D eigenvalue weighted by atomic mass is 35.5. The molecule has 0 amide bonds. The molecule has 4 rings (SSSR count). The van der Waals surface area contributed by atoms with Crippen molar-refractivity contribution in [2.24, 2.45) is 0 Å². The number of hydrogen-bond acceptors (Lipinski definition) is 3. The first-order valence-electron chi connectivity index (χ1n) is 8.32. The monoisotopic (exact) mass is 390 g/mol. The first kappa shape index (κ1) is 17.8. The number of hydrogen-bond donors (Lipinski definition) is 1. The number of pyridine rings is 1. The molecule has 1 aromatic heterocycles. The minimum atomic E-state index is -4.39. The Hall–Kier alpha value is -2.60. The highest BCUT2D eigenvalue weighted by Gasteiger charge is 2.32. The molecule has 1 aliphatic carbocycles. The lowest BCUT2D eigenvalue weighted by Crippen LogP contribution is -2.22. The molecule has 0 aliphatic heterocycles. The van der Waals surface area contributed by atoms with Crippen LogP contribution in [0.2, 0.25) is 5.02 Å². The van der Waals surface area contributed by atoms with Crippen LogP contribution >= 0.6 is 11.6 Å². The maximum Gasteiger partial charge on any atom is 0.416 e. The molecular formula is C20H14ClF3N2O. The van der Waals surface area contributed by atoms with Gasteiger partial charge in [-0.1, -0.05) is 23.7 Å². The zero-order valence-electron chi connectivity index (χ0n) is 14.0. The van der Waals surface area contributed by atoms with Gasteiger partial charge in [0.2, 0.25) is 0 Å². The standard InChI is InChI=1S/C20H14ClF3N2O/c21-13-5-6-15-14(9-13)19(25)18-16(26-15)7-11(8-17(18)27)10-1-3-12(4-2-10)20(22,23)24/h1-6,9,11H,7-8H2,(H2,25,26). The van der Waals surface area contributed by atoms with E-state index in [4.69, 9.17) is 17.3 Å². The van der Waals surface area contributed by atoms with Crippen molar-refractivity contribution in [1.82, 2.24) is 4.98 Å². The second kappa shape index (κ2) is 6.23. The third kappa shape index (κ3) is 3.14. The molecule has 1 heterocycles. The smallest absolute Gasteiger partial charge is 0.398 e. The second-order valence-electron chi connectivity index (χ2n) is 6.66. The Balaban J connectivity index is 1.74. The van der Waals surface area contributed by atoms with Gasteiger partial charge in [0.25, 0.3) is 0 Å². The van der Waals surface area contributed by atoms with Crippen molar-refractivity contribution in [3.05, 3.63) is 69.9 Å². The van der Waals surface area contributed by atoms with Crippen LogP contribution in [-0.4, -0.2) is 10.8 Å². The van der Waals surface area contributed by atoms with E-state index in [9.17, 15) is 18.0 Å². The first-order chi connectivity index (χ1) is 12.7. The lowest BCUT2D eigenvalue weighted by molar-refractivity contribution is -0.137. The summed E-state index contributed by atoms with van der Waals surface area (Å²) in [5, 5.41) is 1.13. The van der Waals surface area contributed by atoms with E-state index in [2.05, 4.69) is 4.98 Å². The van der Waals surface area contributed by atoms with E-state index in [1.807, 2.05) is 0 Å². The fourth-order valence-electron chi connectivity index (χ4n) is 3.58. The summed E-state index contributed by atoms with van der Waals surface area (Å²) in [4.78, 5) is 17.3. The Morgan fingerprint density at radius 1 is 1.07 bits per heavy atom. The number of carbonyl (C=O) groups excluding carboxylic acids is 1. The summed E-state index contributed by atoms with van der Waals surface area (Å²) in [5.74, 6) is -0.392. The predicted octanol–water partition coefficient (Wildman–Crippen LogP) is 5.40.